The molecule has 0 saturated carbocycles. The molecule has 0 saturated heterocycles. The summed E-state index contributed by atoms with van der Waals surface area (Å²) in [5.74, 6) is 0.775. The van der Waals surface area contributed by atoms with Crippen LogP contribution in [0.2, 0.25) is 0 Å². The summed E-state index contributed by atoms with van der Waals surface area (Å²) in [5, 5.41) is 0. The van der Waals surface area contributed by atoms with Crippen LogP contribution in [0.15, 0.2) is 30.7 Å². The molecule has 0 fully saturated rings. The lowest BCUT2D eigenvalue weighted by atomic mass is 10.4. The van der Waals surface area contributed by atoms with Gasteiger partial charge in [0.05, 0.1) is 6.04 Å². The second kappa shape index (κ2) is 2.76. The van der Waals surface area contributed by atoms with Gasteiger partial charge in [0.25, 0.3) is 6.33 Å². The fraction of sp³-hybridized carbons (Fsp3) is 0.300. The second-order valence-corrected chi connectivity index (χ2v) is 3.53. The van der Waals surface area contributed by atoms with Crippen molar-refractivity contribution in [2.75, 3.05) is 5.73 Å². The maximum atomic E-state index is 5.82. The molecule has 2 aromatic rings. The van der Waals surface area contributed by atoms with E-state index < -0.39 is 0 Å². The number of imidazole rings is 1. The summed E-state index contributed by atoms with van der Waals surface area (Å²) in [6.45, 7) is 4.30. The lowest BCUT2D eigenvalue weighted by Gasteiger charge is -1.95. The topological polar surface area (TPSA) is 34.3 Å². The van der Waals surface area contributed by atoms with Gasteiger partial charge in [-0.3, -0.25) is 0 Å². The number of aromatic nitrogens is 2. The summed E-state index contributed by atoms with van der Waals surface area (Å²) in [5.41, 5.74) is 6.95. The number of nitrogens with two attached hydrogens (primary N) is 1. The largest absolute Gasteiger partial charge is 0.366 e. The van der Waals surface area contributed by atoms with Crippen LogP contribution in [0.3, 0.4) is 0 Å². The zero-order chi connectivity index (χ0) is 9.42. The van der Waals surface area contributed by atoms with E-state index in [1.54, 1.807) is 0 Å². The zero-order valence-electron chi connectivity index (χ0n) is 7.94. The van der Waals surface area contributed by atoms with Gasteiger partial charge in [-0.15, -0.1) is 0 Å². The van der Waals surface area contributed by atoms with Crippen LogP contribution in [0.4, 0.5) is 5.82 Å². The molecule has 3 nitrogen and oxygen atoms in total. The number of pyridine rings is 1. The summed E-state index contributed by atoms with van der Waals surface area (Å²) in [4.78, 5) is 0. The average molecular weight is 176 g/mol. The monoisotopic (exact) mass is 176 g/mol. The first-order valence-corrected chi connectivity index (χ1v) is 4.46. The molecular weight excluding hydrogens is 162 g/mol. The number of rotatable bonds is 1. The lowest BCUT2D eigenvalue weighted by Crippen LogP contribution is -2.33. The standard InChI is InChI=1S/C10H14N3/c1-8(2)12-6-9-4-3-5-10(11)13(9)7-12/h3-8H,11H2,1-2H3/q+1. The maximum absolute atomic E-state index is 5.82. The van der Waals surface area contributed by atoms with E-state index in [2.05, 4.69) is 30.7 Å². The highest BCUT2D eigenvalue weighted by Gasteiger charge is 2.10. The van der Waals surface area contributed by atoms with Gasteiger partial charge in [0.15, 0.2) is 11.3 Å². The van der Waals surface area contributed by atoms with Gasteiger partial charge in [-0.25, -0.2) is 4.57 Å². The molecule has 0 atom stereocenters. The molecule has 3 heteroatoms. The Morgan fingerprint density at radius 3 is 2.77 bits per heavy atom. The number of nitrogen functional groups attached to an aromatic ring is 1. The van der Waals surface area contributed by atoms with Crippen LogP contribution >= 0.6 is 0 Å². The molecule has 2 N–H and O–H groups in total. The molecule has 2 rings (SSSR count). The van der Waals surface area contributed by atoms with E-state index in [4.69, 9.17) is 5.73 Å². The van der Waals surface area contributed by atoms with Crippen LogP contribution in [-0.2, 0) is 0 Å². The van der Waals surface area contributed by atoms with Gasteiger partial charge in [0.2, 0.25) is 0 Å². The van der Waals surface area contributed by atoms with E-state index in [9.17, 15) is 0 Å². The normalized spacial score (nSPS) is 11.3. The third-order valence-corrected chi connectivity index (χ3v) is 2.22. The van der Waals surface area contributed by atoms with Gasteiger partial charge in [0.1, 0.15) is 6.20 Å². The second-order valence-electron chi connectivity index (χ2n) is 3.53. The van der Waals surface area contributed by atoms with Gasteiger partial charge in [-0.2, -0.15) is 4.40 Å². The molecule has 2 heterocycles. The van der Waals surface area contributed by atoms with Crippen molar-refractivity contribution in [1.82, 2.24) is 4.40 Å². The summed E-state index contributed by atoms with van der Waals surface area (Å²) >= 11 is 0. The zero-order valence-corrected chi connectivity index (χ0v) is 7.94. The van der Waals surface area contributed by atoms with E-state index in [1.165, 1.54) is 0 Å². The van der Waals surface area contributed by atoms with Crippen LogP contribution in [0.1, 0.15) is 19.9 Å². The van der Waals surface area contributed by atoms with Crippen molar-refractivity contribution in [2.45, 2.75) is 19.9 Å². The first-order valence-electron chi connectivity index (χ1n) is 4.46. The molecule has 0 unspecified atom stereocenters. The number of anilines is 1. The van der Waals surface area contributed by atoms with Crippen molar-refractivity contribution in [3.63, 3.8) is 0 Å². The third kappa shape index (κ3) is 1.26. The average Bonchev–Trinajstić information content (AvgIpc) is 2.49. The Morgan fingerprint density at radius 2 is 2.15 bits per heavy atom. The van der Waals surface area contributed by atoms with E-state index in [-0.39, 0.29) is 0 Å². The highest BCUT2D eigenvalue weighted by Crippen LogP contribution is 2.08. The Morgan fingerprint density at radius 1 is 1.38 bits per heavy atom. The van der Waals surface area contributed by atoms with Gasteiger partial charge in [0, 0.05) is 6.07 Å². The van der Waals surface area contributed by atoms with E-state index in [1.807, 2.05) is 22.9 Å². The van der Waals surface area contributed by atoms with E-state index in [0.29, 0.717) is 6.04 Å². The first-order chi connectivity index (χ1) is 6.18. The van der Waals surface area contributed by atoms with Crippen molar-refractivity contribution in [3.05, 3.63) is 30.7 Å². The van der Waals surface area contributed by atoms with Crippen molar-refractivity contribution >= 4 is 11.3 Å². The molecule has 2 aromatic heterocycles. The number of hydrogen-bond donors (Lipinski definition) is 1. The minimum Gasteiger partial charge on any atom is -0.366 e. The summed E-state index contributed by atoms with van der Waals surface area (Å²) in [6, 6.07) is 6.39. The van der Waals surface area contributed by atoms with Crippen LogP contribution in [-0.4, -0.2) is 4.40 Å². The Labute approximate surface area is 77.4 Å². The van der Waals surface area contributed by atoms with Crippen LogP contribution < -0.4 is 10.3 Å². The number of hydrogen-bond acceptors (Lipinski definition) is 1. The Balaban J connectivity index is 2.68. The molecular formula is C10H14N3+. The molecule has 0 aliphatic rings. The van der Waals surface area contributed by atoms with Gasteiger partial charge in [-0.05, 0) is 19.9 Å². The van der Waals surface area contributed by atoms with Crippen LogP contribution in [0.25, 0.3) is 5.52 Å². The minimum absolute atomic E-state index is 0.472. The maximum Gasteiger partial charge on any atom is 0.250 e. The molecule has 13 heavy (non-hydrogen) atoms. The first kappa shape index (κ1) is 8.10. The fourth-order valence-corrected chi connectivity index (χ4v) is 1.40. The predicted molar refractivity (Wildman–Crippen MR) is 52.4 cm³/mol. The molecule has 0 amide bonds. The van der Waals surface area contributed by atoms with Crippen LogP contribution in [0, 0.1) is 0 Å². The predicted octanol–water partition coefficient (Wildman–Crippen LogP) is 1.39. The Kier molecular flexibility index (Phi) is 1.72. The number of fused-ring (bicyclic) bond motifs is 1. The molecule has 0 bridgehead atoms. The van der Waals surface area contributed by atoms with Gasteiger partial charge >= 0.3 is 0 Å². The van der Waals surface area contributed by atoms with Crippen molar-refractivity contribution < 1.29 is 4.57 Å². The molecule has 0 spiro atoms. The Hall–Kier alpha value is -1.51. The molecule has 0 radical (unpaired) electrons. The lowest BCUT2D eigenvalue weighted by molar-refractivity contribution is -0.714. The van der Waals surface area contributed by atoms with Gasteiger partial charge < -0.3 is 5.73 Å². The Bertz CT molecular complexity index is 429. The smallest absolute Gasteiger partial charge is 0.250 e. The van der Waals surface area contributed by atoms with Crippen molar-refractivity contribution in [3.8, 4) is 0 Å². The summed E-state index contributed by atoms with van der Waals surface area (Å²) in [6.07, 6.45) is 4.12. The van der Waals surface area contributed by atoms with E-state index >= 15 is 0 Å². The molecule has 0 aliphatic heterocycles. The minimum atomic E-state index is 0.472. The fourth-order valence-electron chi connectivity index (χ4n) is 1.40. The third-order valence-electron chi connectivity index (χ3n) is 2.22. The van der Waals surface area contributed by atoms with Crippen LogP contribution in [0.5, 0.6) is 0 Å². The molecule has 0 aromatic carbocycles. The highest BCUT2D eigenvalue weighted by molar-refractivity contribution is 5.49. The van der Waals surface area contributed by atoms with Crippen molar-refractivity contribution in [1.29, 1.82) is 0 Å². The summed E-state index contributed by atoms with van der Waals surface area (Å²) in [7, 11) is 0. The summed E-state index contributed by atoms with van der Waals surface area (Å²) < 4.78 is 4.13. The van der Waals surface area contributed by atoms with E-state index in [0.717, 1.165) is 11.3 Å². The highest BCUT2D eigenvalue weighted by atomic mass is 15.1. The molecule has 68 valence electrons. The number of nitrogens with zero attached hydrogens (tertiary/aromatic N) is 2. The molecule has 0 aliphatic carbocycles. The SMILES string of the molecule is CC(C)[n+]1cc2cccc(N)n2c1. The van der Waals surface area contributed by atoms with Crippen molar-refractivity contribution in [2.24, 2.45) is 0 Å². The quantitative estimate of drug-likeness (QED) is 0.655. The van der Waals surface area contributed by atoms with Gasteiger partial charge in [-0.1, -0.05) is 6.07 Å².